The van der Waals surface area contributed by atoms with E-state index in [1.54, 1.807) is 15.9 Å². The molecule has 124 valence electrons. The van der Waals surface area contributed by atoms with Gasteiger partial charge in [0.05, 0.1) is 10.9 Å². The van der Waals surface area contributed by atoms with Gasteiger partial charge >= 0.3 is 0 Å². The number of rotatable bonds is 5. The molecule has 2 heterocycles. The zero-order valence-electron chi connectivity index (χ0n) is 13.4. The van der Waals surface area contributed by atoms with E-state index in [2.05, 4.69) is 15.5 Å². The molecule has 0 saturated heterocycles. The second kappa shape index (κ2) is 7.11. The first-order chi connectivity index (χ1) is 11.6. The monoisotopic (exact) mass is 358 g/mol. The lowest BCUT2D eigenvalue weighted by molar-refractivity contribution is -0.122. The van der Waals surface area contributed by atoms with Crippen LogP contribution in [0.3, 0.4) is 0 Å². The second-order valence-corrected chi connectivity index (χ2v) is 6.90. The number of hydrogen-bond donors (Lipinski definition) is 2. The standard InChI is InChI=1S/C17H18N4OS2/c1-11-6-3-4-7-13(11)12(2)18-15(22)10-21-16(19-20-17(21)23)14-8-5-9-24-14/h3-9,12H,10H2,1-2H3,(H,18,22)(H,20,23)/t12-/m1/s1. The first-order valence-electron chi connectivity index (χ1n) is 7.60. The van der Waals surface area contributed by atoms with Crippen molar-refractivity contribution in [1.29, 1.82) is 0 Å². The van der Waals surface area contributed by atoms with E-state index in [4.69, 9.17) is 12.2 Å². The number of thiophene rings is 1. The molecule has 0 aliphatic rings. The van der Waals surface area contributed by atoms with Crippen LogP contribution >= 0.6 is 23.6 Å². The fourth-order valence-corrected chi connectivity index (χ4v) is 3.56. The molecule has 2 N–H and O–H groups in total. The molecule has 0 radical (unpaired) electrons. The molecule has 1 aromatic carbocycles. The fourth-order valence-electron chi connectivity index (χ4n) is 2.64. The van der Waals surface area contributed by atoms with Gasteiger partial charge in [-0.2, -0.15) is 5.10 Å². The van der Waals surface area contributed by atoms with Gasteiger partial charge in [0.25, 0.3) is 0 Å². The molecule has 5 nitrogen and oxygen atoms in total. The van der Waals surface area contributed by atoms with Gasteiger partial charge in [-0.05, 0) is 48.6 Å². The summed E-state index contributed by atoms with van der Waals surface area (Å²) < 4.78 is 2.17. The fraction of sp³-hybridized carbons (Fsp3) is 0.235. The minimum absolute atomic E-state index is 0.0649. The predicted octanol–water partition coefficient (Wildman–Crippen LogP) is 3.86. The van der Waals surface area contributed by atoms with E-state index in [0.29, 0.717) is 10.6 Å². The number of carbonyl (C=O) groups excluding carboxylic acids is 1. The van der Waals surface area contributed by atoms with Gasteiger partial charge in [-0.1, -0.05) is 30.3 Å². The average molecular weight is 358 g/mol. The number of carbonyl (C=O) groups is 1. The molecule has 0 aliphatic carbocycles. The summed E-state index contributed by atoms with van der Waals surface area (Å²) in [4.78, 5) is 13.4. The van der Waals surface area contributed by atoms with E-state index in [1.807, 2.05) is 55.6 Å². The first kappa shape index (κ1) is 16.6. The van der Waals surface area contributed by atoms with Crippen LogP contribution in [0.5, 0.6) is 0 Å². The van der Waals surface area contributed by atoms with Crippen LogP contribution in [-0.4, -0.2) is 20.7 Å². The van der Waals surface area contributed by atoms with E-state index < -0.39 is 0 Å². The quantitative estimate of drug-likeness (QED) is 0.681. The molecule has 1 atom stereocenters. The Morgan fingerprint density at radius 3 is 2.88 bits per heavy atom. The Balaban J connectivity index is 1.76. The summed E-state index contributed by atoms with van der Waals surface area (Å²) in [5, 5.41) is 12.0. The van der Waals surface area contributed by atoms with E-state index in [1.165, 1.54) is 0 Å². The number of H-pyrrole nitrogens is 1. The third kappa shape index (κ3) is 3.47. The molecule has 0 bridgehead atoms. The Morgan fingerprint density at radius 1 is 1.38 bits per heavy atom. The third-order valence-electron chi connectivity index (χ3n) is 3.83. The van der Waals surface area contributed by atoms with Crippen molar-refractivity contribution in [3.8, 4) is 10.7 Å². The van der Waals surface area contributed by atoms with Crippen molar-refractivity contribution < 1.29 is 4.79 Å². The summed E-state index contributed by atoms with van der Waals surface area (Å²) in [5.74, 6) is 0.592. The summed E-state index contributed by atoms with van der Waals surface area (Å²) in [6, 6.07) is 11.9. The van der Waals surface area contributed by atoms with E-state index in [0.717, 1.165) is 16.0 Å². The smallest absolute Gasteiger partial charge is 0.240 e. The molecule has 0 saturated carbocycles. The molecule has 0 aliphatic heterocycles. The molecule has 24 heavy (non-hydrogen) atoms. The maximum Gasteiger partial charge on any atom is 0.240 e. The highest BCUT2D eigenvalue weighted by atomic mass is 32.1. The maximum absolute atomic E-state index is 12.5. The maximum atomic E-state index is 12.5. The highest BCUT2D eigenvalue weighted by Crippen LogP contribution is 2.23. The van der Waals surface area contributed by atoms with Gasteiger partial charge in [-0.3, -0.25) is 14.5 Å². The van der Waals surface area contributed by atoms with E-state index in [9.17, 15) is 4.79 Å². The van der Waals surface area contributed by atoms with Crippen molar-refractivity contribution >= 4 is 29.5 Å². The average Bonchev–Trinajstić information content (AvgIpc) is 3.18. The largest absolute Gasteiger partial charge is 0.348 e. The van der Waals surface area contributed by atoms with E-state index >= 15 is 0 Å². The van der Waals surface area contributed by atoms with Crippen LogP contribution in [0, 0.1) is 11.7 Å². The van der Waals surface area contributed by atoms with Gasteiger partial charge in [-0.15, -0.1) is 11.3 Å². The molecule has 0 fully saturated rings. The van der Waals surface area contributed by atoms with Gasteiger partial charge < -0.3 is 5.32 Å². The number of hydrogen-bond acceptors (Lipinski definition) is 4. The molecule has 3 rings (SSSR count). The van der Waals surface area contributed by atoms with E-state index in [-0.39, 0.29) is 18.5 Å². The molecule has 3 aromatic rings. The number of aryl methyl sites for hydroxylation is 1. The van der Waals surface area contributed by atoms with Crippen molar-refractivity contribution in [3.63, 3.8) is 0 Å². The number of nitrogens with zero attached hydrogens (tertiary/aromatic N) is 2. The summed E-state index contributed by atoms with van der Waals surface area (Å²) in [6.07, 6.45) is 0. The van der Waals surface area contributed by atoms with Crippen molar-refractivity contribution in [2.24, 2.45) is 0 Å². The molecule has 7 heteroatoms. The molecular formula is C17H18N4OS2. The van der Waals surface area contributed by atoms with Crippen molar-refractivity contribution in [2.75, 3.05) is 0 Å². The summed E-state index contributed by atoms with van der Waals surface area (Å²) in [7, 11) is 0. The van der Waals surface area contributed by atoms with Crippen molar-refractivity contribution in [2.45, 2.75) is 26.4 Å². The Labute approximate surface area is 149 Å². The lowest BCUT2D eigenvalue weighted by atomic mass is 10.0. The Kier molecular flexibility index (Phi) is 4.92. The van der Waals surface area contributed by atoms with Crippen LogP contribution in [0.1, 0.15) is 24.1 Å². The molecule has 0 unspecified atom stereocenters. The second-order valence-electron chi connectivity index (χ2n) is 5.56. The van der Waals surface area contributed by atoms with Crippen LogP contribution < -0.4 is 5.32 Å². The molecule has 1 amide bonds. The van der Waals surface area contributed by atoms with Gasteiger partial charge in [0.1, 0.15) is 6.54 Å². The minimum Gasteiger partial charge on any atom is -0.348 e. The number of nitrogens with one attached hydrogen (secondary N) is 2. The predicted molar refractivity (Wildman–Crippen MR) is 98.5 cm³/mol. The number of amides is 1. The lowest BCUT2D eigenvalue weighted by Gasteiger charge is -2.17. The SMILES string of the molecule is Cc1ccccc1[C@@H](C)NC(=O)Cn1c(-c2cccs2)n[nH]c1=S. The van der Waals surface area contributed by atoms with Crippen LogP contribution in [0.2, 0.25) is 0 Å². The van der Waals surface area contributed by atoms with Gasteiger partial charge in [0.15, 0.2) is 10.6 Å². The van der Waals surface area contributed by atoms with Crippen LogP contribution in [0.25, 0.3) is 10.7 Å². The zero-order valence-corrected chi connectivity index (χ0v) is 15.1. The topological polar surface area (TPSA) is 62.7 Å². The van der Waals surface area contributed by atoms with Crippen molar-refractivity contribution in [3.05, 3.63) is 57.7 Å². The van der Waals surface area contributed by atoms with Crippen LogP contribution in [0.15, 0.2) is 41.8 Å². The minimum atomic E-state index is -0.0962. The highest BCUT2D eigenvalue weighted by Gasteiger charge is 2.15. The summed E-state index contributed by atoms with van der Waals surface area (Å²) in [6.45, 7) is 4.16. The van der Waals surface area contributed by atoms with Gasteiger partial charge in [0, 0.05) is 0 Å². The molecular weight excluding hydrogens is 340 g/mol. The van der Waals surface area contributed by atoms with Gasteiger partial charge in [0.2, 0.25) is 5.91 Å². The number of benzene rings is 1. The van der Waals surface area contributed by atoms with Crippen LogP contribution in [-0.2, 0) is 11.3 Å². The molecule has 2 aromatic heterocycles. The highest BCUT2D eigenvalue weighted by molar-refractivity contribution is 7.71. The van der Waals surface area contributed by atoms with Gasteiger partial charge in [-0.25, -0.2) is 0 Å². The summed E-state index contributed by atoms with van der Waals surface area (Å²) >= 11 is 6.82. The van der Waals surface area contributed by atoms with Crippen molar-refractivity contribution in [1.82, 2.24) is 20.1 Å². The van der Waals surface area contributed by atoms with Crippen LogP contribution in [0.4, 0.5) is 0 Å². The lowest BCUT2D eigenvalue weighted by Crippen LogP contribution is -2.30. The zero-order chi connectivity index (χ0) is 17.1. The summed E-state index contributed by atoms with van der Waals surface area (Å²) in [5.41, 5.74) is 2.27. The Morgan fingerprint density at radius 2 is 2.17 bits per heavy atom. The number of aromatic amines is 1. The molecule has 0 spiro atoms. The normalized spacial score (nSPS) is 12.1. The number of aromatic nitrogens is 3. The third-order valence-corrected chi connectivity index (χ3v) is 5.01. The Hall–Kier alpha value is -2.25. The Bertz CT molecular complexity index is 895. The first-order valence-corrected chi connectivity index (χ1v) is 8.89.